The highest BCUT2D eigenvalue weighted by atomic mass is 32.2. The number of phenolic OH excluding ortho intramolecular Hbond substituents is 1. The van der Waals surface area contributed by atoms with Crippen molar-refractivity contribution in [1.82, 2.24) is 5.32 Å². The lowest BCUT2D eigenvalue weighted by atomic mass is 9.82. The molecule has 4 rings (SSSR count). The number of carbonyl (C=O) groups is 2. The molecule has 0 fully saturated rings. The molecule has 39 heavy (non-hydrogen) atoms. The first-order valence-electron chi connectivity index (χ1n) is 11.8. The standard InChI is InChI=1S/C29H25FN4O4S/c1-17-26(28(37)34-20-6-4-3-5-7-20)27(18-8-13-23(35)24(14-18)38-2)22(15-31)29(32-17)39-16-25(36)33-21-11-9-19(30)10-12-21/h3-14,27,32,35H,16H2,1-2H3,(H,33,36)(H,34,37)/t27-/m0/s1. The summed E-state index contributed by atoms with van der Waals surface area (Å²) < 4.78 is 18.4. The number of amides is 2. The zero-order valence-corrected chi connectivity index (χ0v) is 21.9. The molecule has 4 N–H and O–H groups in total. The van der Waals surface area contributed by atoms with Gasteiger partial charge < -0.3 is 25.8 Å². The maximum atomic E-state index is 13.5. The molecule has 1 aliphatic rings. The van der Waals surface area contributed by atoms with Gasteiger partial charge in [0.15, 0.2) is 11.5 Å². The molecule has 1 aliphatic heterocycles. The number of dihydropyridines is 1. The van der Waals surface area contributed by atoms with Gasteiger partial charge >= 0.3 is 0 Å². The minimum atomic E-state index is -0.808. The third kappa shape index (κ3) is 6.40. The Kier molecular flexibility index (Phi) is 8.53. The first-order valence-corrected chi connectivity index (χ1v) is 12.8. The third-order valence-electron chi connectivity index (χ3n) is 5.94. The van der Waals surface area contributed by atoms with Crippen molar-refractivity contribution >= 4 is 35.0 Å². The van der Waals surface area contributed by atoms with Crippen molar-refractivity contribution in [3.8, 4) is 17.6 Å². The number of nitrogens with one attached hydrogen (secondary N) is 3. The van der Waals surface area contributed by atoms with Crippen molar-refractivity contribution in [2.45, 2.75) is 12.8 Å². The van der Waals surface area contributed by atoms with Crippen LogP contribution in [0.2, 0.25) is 0 Å². The minimum absolute atomic E-state index is 0.0463. The Labute approximate surface area is 229 Å². The minimum Gasteiger partial charge on any atom is -0.504 e. The van der Waals surface area contributed by atoms with Crippen molar-refractivity contribution in [1.29, 1.82) is 5.26 Å². The lowest BCUT2D eigenvalue weighted by molar-refractivity contribution is -0.114. The molecule has 0 aromatic heterocycles. The van der Waals surface area contributed by atoms with Crippen LogP contribution in [-0.4, -0.2) is 29.8 Å². The Bertz CT molecular complexity index is 1500. The summed E-state index contributed by atoms with van der Waals surface area (Å²) >= 11 is 1.11. The molecule has 0 spiro atoms. The van der Waals surface area contributed by atoms with Gasteiger partial charge in [0, 0.05) is 22.6 Å². The molecular formula is C29H25FN4O4S. The zero-order chi connectivity index (χ0) is 27.9. The summed E-state index contributed by atoms with van der Waals surface area (Å²) in [7, 11) is 1.41. The first-order chi connectivity index (χ1) is 18.8. The van der Waals surface area contributed by atoms with Crippen molar-refractivity contribution in [3.05, 3.63) is 106 Å². The number of thioether (sulfide) groups is 1. The van der Waals surface area contributed by atoms with E-state index in [4.69, 9.17) is 4.74 Å². The Morgan fingerprint density at radius 1 is 1.08 bits per heavy atom. The number of hydrogen-bond acceptors (Lipinski definition) is 7. The fraction of sp³-hybridized carbons (Fsp3) is 0.138. The normalized spacial score (nSPS) is 14.8. The Balaban J connectivity index is 1.67. The van der Waals surface area contributed by atoms with Gasteiger partial charge in [-0.25, -0.2) is 4.39 Å². The number of aromatic hydroxyl groups is 1. The van der Waals surface area contributed by atoms with Gasteiger partial charge in [0.25, 0.3) is 5.91 Å². The van der Waals surface area contributed by atoms with Crippen molar-refractivity contribution in [2.75, 3.05) is 23.5 Å². The van der Waals surface area contributed by atoms with Gasteiger partial charge in [-0.1, -0.05) is 36.0 Å². The van der Waals surface area contributed by atoms with Crippen LogP contribution >= 0.6 is 11.8 Å². The molecule has 2 amide bonds. The number of benzene rings is 3. The smallest absolute Gasteiger partial charge is 0.254 e. The van der Waals surface area contributed by atoms with Gasteiger partial charge in [-0.05, 0) is 61.0 Å². The largest absolute Gasteiger partial charge is 0.504 e. The molecule has 3 aromatic carbocycles. The Hall–Kier alpha value is -4.75. The summed E-state index contributed by atoms with van der Waals surface area (Å²) in [6.07, 6.45) is 0. The maximum Gasteiger partial charge on any atom is 0.254 e. The highest BCUT2D eigenvalue weighted by molar-refractivity contribution is 8.03. The van der Waals surface area contributed by atoms with Crippen LogP contribution in [0.4, 0.5) is 15.8 Å². The average Bonchev–Trinajstić information content (AvgIpc) is 2.93. The van der Waals surface area contributed by atoms with Crippen molar-refractivity contribution < 1.29 is 23.8 Å². The number of nitrogens with zero attached hydrogens (tertiary/aromatic N) is 1. The van der Waals surface area contributed by atoms with Crippen LogP contribution in [0.15, 0.2) is 94.7 Å². The summed E-state index contributed by atoms with van der Waals surface area (Å²) in [4.78, 5) is 26.1. The summed E-state index contributed by atoms with van der Waals surface area (Å²) in [6, 6.07) is 21.2. The highest BCUT2D eigenvalue weighted by Gasteiger charge is 2.35. The Morgan fingerprint density at radius 3 is 2.44 bits per heavy atom. The summed E-state index contributed by atoms with van der Waals surface area (Å²) in [6.45, 7) is 1.72. The van der Waals surface area contributed by atoms with E-state index in [-0.39, 0.29) is 28.7 Å². The van der Waals surface area contributed by atoms with Crippen molar-refractivity contribution in [2.24, 2.45) is 0 Å². The third-order valence-corrected chi connectivity index (χ3v) is 6.95. The van der Waals surface area contributed by atoms with E-state index in [9.17, 15) is 24.3 Å². The average molecular weight is 545 g/mol. The summed E-state index contributed by atoms with van der Waals surface area (Å²) in [5, 5.41) is 29.5. The summed E-state index contributed by atoms with van der Waals surface area (Å²) in [5.74, 6) is -1.92. The van der Waals surface area contributed by atoms with Crippen molar-refractivity contribution in [3.63, 3.8) is 0 Å². The second-order valence-corrected chi connectivity index (χ2v) is 9.53. The van der Waals surface area contributed by atoms with Crippen LogP contribution in [-0.2, 0) is 9.59 Å². The van der Waals surface area contributed by atoms with E-state index in [1.54, 1.807) is 43.3 Å². The lowest BCUT2D eigenvalue weighted by Gasteiger charge is -2.30. The number of phenols is 1. The SMILES string of the molecule is COc1cc([C@H]2C(C#N)=C(SCC(=O)Nc3ccc(F)cc3)NC(C)=C2C(=O)Nc2ccccc2)ccc1O. The molecule has 0 aliphatic carbocycles. The number of para-hydroxylation sites is 1. The molecule has 0 radical (unpaired) electrons. The maximum absolute atomic E-state index is 13.5. The molecule has 198 valence electrons. The van der Waals surface area contributed by atoms with Gasteiger partial charge in [-0.3, -0.25) is 9.59 Å². The van der Waals surface area contributed by atoms with Crippen LogP contribution < -0.4 is 20.7 Å². The topological polar surface area (TPSA) is 123 Å². The number of allylic oxidation sites excluding steroid dienone is 2. The molecule has 1 heterocycles. The van der Waals surface area contributed by atoms with E-state index in [0.717, 1.165) is 11.8 Å². The van der Waals surface area contributed by atoms with Gasteiger partial charge in [0.1, 0.15) is 5.82 Å². The molecule has 3 aromatic rings. The predicted octanol–water partition coefficient (Wildman–Crippen LogP) is 5.25. The fourth-order valence-corrected chi connectivity index (χ4v) is 5.01. The van der Waals surface area contributed by atoms with Gasteiger partial charge in [-0.15, -0.1) is 0 Å². The molecule has 10 heteroatoms. The van der Waals surface area contributed by atoms with E-state index < -0.39 is 17.6 Å². The quantitative estimate of drug-likeness (QED) is 0.306. The van der Waals surface area contributed by atoms with Crippen LogP contribution in [0.25, 0.3) is 0 Å². The monoisotopic (exact) mass is 544 g/mol. The van der Waals surface area contributed by atoms with Crippen LogP contribution in [0.3, 0.4) is 0 Å². The number of carbonyl (C=O) groups excluding carboxylic acids is 2. The number of nitriles is 1. The number of methoxy groups -OCH3 is 1. The second kappa shape index (κ2) is 12.2. The molecular weight excluding hydrogens is 519 g/mol. The van der Waals surface area contributed by atoms with Crippen LogP contribution in [0, 0.1) is 17.1 Å². The van der Waals surface area contributed by atoms with Gasteiger partial charge in [-0.2, -0.15) is 5.26 Å². The number of hydrogen-bond donors (Lipinski definition) is 4. The van der Waals surface area contributed by atoms with E-state index in [2.05, 4.69) is 22.0 Å². The molecule has 1 atom stereocenters. The zero-order valence-electron chi connectivity index (χ0n) is 21.1. The molecule has 0 saturated heterocycles. The van der Waals surface area contributed by atoms with Gasteiger partial charge in [0.2, 0.25) is 5.91 Å². The van der Waals surface area contributed by atoms with E-state index >= 15 is 0 Å². The van der Waals surface area contributed by atoms with Gasteiger partial charge in [0.05, 0.1) is 35.5 Å². The molecule has 0 bridgehead atoms. The number of ether oxygens (including phenoxy) is 1. The summed E-state index contributed by atoms with van der Waals surface area (Å²) in [5.41, 5.74) is 2.62. The van der Waals surface area contributed by atoms with Crippen LogP contribution in [0.5, 0.6) is 11.5 Å². The predicted molar refractivity (Wildman–Crippen MR) is 148 cm³/mol. The first kappa shape index (κ1) is 27.3. The lowest BCUT2D eigenvalue weighted by Crippen LogP contribution is -2.31. The second-order valence-electron chi connectivity index (χ2n) is 8.55. The molecule has 0 saturated carbocycles. The fourth-order valence-electron chi connectivity index (χ4n) is 4.12. The molecule has 8 nitrogen and oxygen atoms in total. The van der Waals surface area contributed by atoms with E-state index in [0.29, 0.717) is 33.2 Å². The number of halogens is 1. The number of rotatable bonds is 8. The van der Waals surface area contributed by atoms with E-state index in [1.807, 2.05) is 6.07 Å². The van der Waals surface area contributed by atoms with E-state index in [1.165, 1.54) is 37.4 Å². The molecule has 0 unspecified atom stereocenters. The Morgan fingerprint density at radius 2 is 1.77 bits per heavy atom. The highest BCUT2D eigenvalue weighted by Crippen LogP contribution is 2.43. The van der Waals surface area contributed by atoms with Crippen LogP contribution in [0.1, 0.15) is 18.4 Å². The number of anilines is 2.